The summed E-state index contributed by atoms with van der Waals surface area (Å²) in [4.78, 5) is 11.4. The molecule has 1 N–H and O–H groups in total. The minimum absolute atomic E-state index is 0.118. The summed E-state index contributed by atoms with van der Waals surface area (Å²) >= 11 is 0. The van der Waals surface area contributed by atoms with Gasteiger partial charge in [0.25, 0.3) is 0 Å². The molecule has 0 saturated heterocycles. The number of carbonyl (C=O) groups is 1. The summed E-state index contributed by atoms with van der Waals surface area (Å²) in [6.45, 7) is 2.37. The van der Waals surface area contributed by atoms with E-state index >= 15 is 0 Å². The van der Waals surface area contributed by atoms with Gasteiger partial charge in [-0.1, -0.05) is 37.3 Å². The molecule has 0 aromatic heterocycles. The van der Waals surface area contributed by atoms with Crippen LogP contribution in [0.4, 0.5) is 0 Å². The van der Waals surface area contributed by atoms with E-state index in [2.05, 4.69) is 0 Å². The molecule has 16 heavy (non-hydrogen) atoms. The van der Waals surface area contributed by atoms with Crippen molar-refractivity contribution in [1.29, 1.82) is 0 Å². The highest BCUT2D eigenvalue weighted by Crippen LogP contribution is 2.09. The topological polar surface area (TPSA) is 46.5 Å². The monoisotopic (exact) mass is 222 g/mol. The van der Waals surface area contributed by atoms with E-state index in [0.717, 1.165) is 5.56 Å². The van der Waals surface area contributed by atoms with Crippen LogP contribution in [0, 0.1) is 5.92 Å². The molecular formula is C13H18O3. The Morgan fingerprint density at radius 2 is 2.06 bits per heavy atom. The maximum atomic E-state index is 11.4. The summed E-state index contributed by atoms with van der Waals surface area (Å²) < 4.78 is 5.12. The SMILES string of the molecule is C[C@H](CCO)CC(=O)OCc1ccccc1. The van der Waals surface area contributed by atoms with Crippen molar-refractivity contribution in [3.63, 3.8) is 0 Å². The molecule has 0 aliphatic heterocycles. The minimum Gasteiger partial charge on any atom is -0.461 e. The number of hydrogen-bond donors (Lipinski definition) is 1. The standard InChI is InChI=1S/C13H18O3/c1-11(7-8-14)9-13(15)16-10-12-5-3-2-4-6-12/h2-6,11,14H,7-10H2,1H3/t11-/m1/s1. The van der Waals surface area contributed by atoms with Gasteiger partial charge in [-0.15, -0.1) is 0 Å². The molecule has 0 fully saturated rings. The second-order valence-electron chi connectivity index (χ2n) is 3.97. The third-order valence-electron chi connectivity index (χ3n) is 2.38. The van der Waals surface area contributed by atoms with E-state index in [-0.39, 0.29) is 18.5 Å². The van der Waals surface area contributed by atoms with Crippen molar-refractivity contribution in [1.82, 2.24) is 0 Å². The number of aliphatic hydroxyl groups is 1. The molecule has 1 rings (SSSR count). The van der Waals surface area contributed by atoms with Gasteiger partial charge in [0, 0.05) is 13.0 Å². The number of benzene rings is 1. The van der Waals surface area contributed by atoms with Crippen molar-refractivity contribution in [2.24, 2.45) is 5.92 Å². The van der Waals surface area contributed by atoms with Gasteiger partial charge in [0.2, 0.25) is 0 Å². The molecular weight excluding hydrogens is 204 g/mol. The zero-order valence-corrected chi connectivity index (χ0v) is 9.56. The molecule has 88 valence electrons. The van der Waals surface area contributed by atoms with Crippen molar-refractivity contribution in [3.8, 4) is 0 Å². The fraction of sp³-hybridized carbons (Fsp3) is 0.462. The first-order valence-electron chi connectivity index (χ1n) is 5.52. The zero-order chi connectivity index (χ0) is 11.8. The predicted octanol–water partition coefficient (Wildman–Crippen LogP) is 2.14. The average molecular weight is 222 g/mol. The Labute approximate surface area is 96.1 Å². The molecule has 1 aromatic rings. The third-order valence-corrected chi connectivity index (χ3v) is 2.38. The summed E-state index contributed by atoms with van der Waals surface area (Å²) in [7, 11) is 0. The number of hydrogen-bond acceptors (Lipinski definition) is 3. The van der Waals surface area contributed by atoms with Crippen LogP contribution in [-0.2, 0) is 16.1 Å². The maximum Gasteiger partial charge on any atom is 0.306 e. The van der Waals surface area contributed by atoms with Crippen LogP contribution in [0.25, 0.3) is 0 Å². The van der Waals surface area contributed by atoms with Gasteiger partial charge in [-0.05, 0) is 17.9 Å². The van der Waals surface area contributed by atoms with Gasteiger partial charge in [-0.25, -0.2) is 0 Å². The molecule has 1 atom stereocenters. The van der Waals surface area contributed by atoms with E-state index in [1.54, 1.807) is 0 Å². The molecule has 3 nitrogen and oxygen atoms in total. The Balaban J connectivity index is 2.25. The van der Waals surface area contributed by atoms with Crippen LogP contribution in [-0.4, -0.2) is 17.7 Å². The fourth-order valence-corrected chi connectivity index (χ4v) is 1.40. The van der Waals surface area contributed by atoms with Crippen LogP contribution in [0.3, 0.4) is 0 Å². The van der Waals surface area contributed by atoms with Crippen LogP contribution in [0.1, 0.15) is 25.3 Å². The van der Waals surface area contributed by atoms with E-state index in [1.807, 2.05) is 37.3 Å². The number of aliphatic hydroxyl groups excluding tert-OH is 1. The molecule has 0 heterocycles. The number of rotatable bonds is 6. The fourth-order valence-electron chi connectivity index (χ4n) is 1.40. The van der Waals surface area contributed by atoms with E-state index < -0.39 is 0 Å². The summed E-state index contributed by atoms with van der Waals surface area (Å²) in [5.74, 6) is -0.0296. The average Bonchev–Trinajstić information content (AvgIpc) is 2.28. The first kappa shape index (κ1) is 12.7. The summed E-state index contributed by atoms with van der Waals surface area (Å²) in [5, 5.41) is 8.71. The quantitative estimate of drug-likeness (QED) is 0.750. The lowest BCUT2D eigenvalue weighted by molar-refractivity contribution is -0.146. The molecule has 1 aromatic carbocycles. The summed E-state index contributed by atoms with van der Waals surface area (Å²) in [5.41, 5.74) is 0.991. The van der Waals surface area contributed by atoms with Crippen LogP contribution in [0.15, 0.2) is 30.3 Å². The molecule has 0 saturated carbocycles. The highest BCUT2D eigenvalue weighted by molar-refractivity contribution is 5.69. The minimum atomic E-state index is -0.204. The van der Waals surface area contributed by atoms with E-state index in [0.29, 0.717) is 19.4 Å². The Morgan fingerprint density at radius 1 is 1.38 bits per heavy atom. The van der Waals surface area contributed by atoms with Crippen LogP contribution < -0.4 is 0 Å². The molecule has 0 aliphatic rings. The molecule has 0 radical (unpaired) electrons. The van der Waals surface area contributed by atoms with Crippen molar-refractivity contribution >= 4 is 5.97 Å². The van der Waals surface area contributed by atoms with E-state index in [1.165, 1.54) is 0 Å². The number of carbonyl (C=O) groups excluding carboxylic acids is 1. The van der Waals surface area contributed by atoms with Crippen molar-refractivity contribution in [2.45, 2.75) is 26.4 Å². The highest BCUT2D eigenvalue weighted by Gasteiger charge is 2.09. The van der Waals surface area contributed by atoms with Crippen molar-refractivity contribution < 1.29 is 14.6 Å². The molecule has 0 aliphatic carbocycles. The first-order chi connectivity index (χ1) is 7.72. The van der Waals surface area contributed by atoms with Crippen molar-refractivity contribution in [3.05, 3.63) is 35.9 Å². The third kappa shape index (κ3) is 4.94. The number of ether oxygens (including phenoxy) is 1. The molecule has 0 amide bonds. The number of esters is 1. The van der Waals surface area contributed by atoms with Gasteiger partial charge in [-0.2, -0.15) is 0 Å². The molecule has 0 unspecified atom stereocenters. The van der Waals surface area contributed by atoms with Crippen LogP contribution in [0.2, 0.25) is 0 Å². The van der Waals surface area contributed by atoms with Crippen LogP contribution >= 0.6 is 0 Å². The van der Waals surface area contributed by atoms with Gasteiger partial charge in [0.15, 0.2) is 0 Å². The van der Waals surface area contributed by atoms with Gasteiger partial charge < -0.3 is 9.84 Å². The van der Waals surface area contributed by atoms with Gasteiger partial charge in [0.1, 0.15) is 6.61 Å². The lowest BCUT2D eigenvalue weighted by Crippen LogP contribution is -2.10. The maximum absolute atomic E-state index is 11.4. The predicted molar refractivity (Wildman–Crippen MR) is 61.7 cm³/mol. The Kier molecular flexibility index (Phi) is 5.57. The lowest BCUT2D eigenvalue weighted by Gasteiger charge is -2.09. The smallest absolute Gasteiger partial charge is 0.306 e. The summed E-state index contributed by atoms with van der Waals surface area (Å²) in [6.07, 6.45) is 1.01. The van der Waals surface area contributed by atoms with Gasteiger partial charge in [-0.3, -0.25) is 4.79 Å². The largest absolute Gasteiger partial charge is 0.461 e. The molecule has 0 spiro atoms. The molecule has 3 heteroatoms. The molecule has 0 bridgehead atoms. The van der Waals surface area contributed by atoms with E-state index in [4.69, 9.17) is 9.84 Å². The Morgan fingerprint density at radius 3 is 2.69 bits per heavy atom. The summed E-state index contributed by atoms with van der Waals surface area (Å²) in [6, 6.07) is 9.60. The Bertz CT molecular complexity index is 308. The van der Waals surface area contributed by atoms with E-state index in [9.17, 15) is 4.79 Å². The first-order valence-corrected chi connectivity index (χ1v) is 5.52. The van der Waals surface area contributed by atoms with Crippen molar-refractivity contribution in [2.75, 3.05) is 6.61 Å². The normalized spacial score (nSPS) is 12.1. The van der Waals surface area contributed by atoms with Crippen LogP contribution in [0.5, 0.6) is 0 Å². The second kappa shape index (κ2) is 7.01. The highest BCUT2D eigenvalue weighted by atomic mass is 16.5. The zero-order valence-electron chi connectivity index (χ0n) is 9.56. The van der Waals surface area contributed by atoms with Gasteiger partial charge >= 0.3 is 5.97 Å². The lowest BCUT2D eigenvalue weighted by atomic mass is 10.1. The van der Waals surface area contributed by atoms with Gasteiger partial charge in [0.05, 0.1) is 0 Å². The second-order valence-corrected chi connectivity index (χ2v) is 3.97. The Hall–Kier alpha value is -1.35.